The number of nitrogens with one attached hydrogen (secondary N) is 3. The number of rotatable bonds is 8. The number of methoxy groups -OCH3 is 1. The van der Waals surface area contributed by atoms with Gasteiger partial charge in [-0.2, -0.15) is 0 Å². The number of hydrogen-bond acceptors (Lipinski definition) is 9. The molecule has 0 aliphatic carbocycles. The monoisotopic (exact) mass is 448 g/mol. The Morgan fingerprint density at radius 2 is 1.88 bits per heavy atom. The fourth-order valence-electron chi connectivity index (χ4n) is 3.02. The van der Waals surface area contributed by atoms with E-state index in [-0.39, 0.29) is 12.0 Å². The van der Waals surface area contributed by atoms with E-state index in [1.807, 2.05) is 36.4 Å². The van der Waals surface area contributed by atoms with Gasteiger partial charge in [-0.15, -0.1) is 0 Å². The smallest absolute Gasteiger partial charge is 0.322 e. The van der Waals surface area contributed by atoms with Gasteiger partial charge in [-0.1, -0.05) is 29.0 Å². The fraction of sp³-hybridized carbons (Fsp3) is 0.217. The highest BCUT2D eigenvalue weighted by Gasteiger charge is 2.12. The average Bonchev–Trinajstić information content (AvgIpc) is 3.20. The first-order valence-corrected chi connectivity index (χ1v) is 11.0. The molecule has 0 aliphatic heterocycles. The van der Waals surface area contributed by atoms with Crippen LogP contribution in [-0.2, 0) is 16.1 Å². The van der Waals surface area contributed by atoms with Crippen LogP contribution in [-0.4, -0.2) is 34.1 Å². The summed E-state index contributed by atoms with van der Waals surface area (Å²) in [5.41, 5.74) is 4.00. The number of pyridine rings is 2. The molecule has 3 heterocycles. The lowest BCUT2D eigenvalue weighted by molar-refractivity contribution is -0.142. The lowest BCUT2D eigenvalue weighted by Gasteiger charge is -2.11. The number of nitrogens with zero attached hydrogens (tertiary/aromatic N) is 3. The van der Waals surface area contributed by atoms with Crippen LogP contribution in [0.25, 0.3) is 10.3 Å². The number of hydrogen-bond donors (Lipinski definition) is 3. The van der Waals surface area contributed by atoms with Gasteiger partial charge in [0.2, 0.25) is 0 Å². The molecule has 8 nitrogen and oxygen atoms in total. The quantitative estimate of drug-likeness (QED) is 0.338. The van der Waals surface area contributed by atoms with Gasteiger partial charge in [-0.3, -0.25) is 4.79 Å². The van der Waals surface area contributed by atoms with E-state index in [2.05, 4.69) is 50.0 Å². The van der Waals surface area contributed by atoms with E-state index in [1.165, 1.54) is 24.0 Å². The van der Waals surface area contributed by atoms with Crippen molar-refractivity contribution in [2.75, 3.05) is 17.7 Å². The number of ether oxygens (including phenoxy) is 1. The molecule has 0 radical (unpaired) electrons. The lowest BCUT2D eigenvalue weighted by Crippen LogP contribution is -2.34. The maximum absolute atomic E-state index is 11.5. The highest BCUT2D eigenvalue weighted by Crippen LogP contribution is 2.28. The minimum atomic E-state index is -0.386. The number of carbonyl (C=O) groups is 1. The summed E-state index contributed by atoms with van der Waals surface area (Å²) in [7, 11) is 1.38. The standard InChI is InChI=1S/C23H24N6O2S/c1-14-4-6-17(7-5-14)26-19-9-8-18-21(28-19)32-23(27-18)29-20-12-16(10-11-24-20)13-25-15(2)22(30)31-3/h4-12,15,25H,13H2,1-3H3,(H,26,28)(H,24,27,29)/t15-/m1/s1. The molecule has 32 heavy (non-hydrogen) atoms. The molecular weight excluding hydrogens is 424 g/mol. The molecule has 9 heteroatoms. The number of benzene rings is 1. The zero-order valence-electron chi connectivity index (χ0n) is 18.0. The molecule has 0 saturated carbocycles. The summed E-state index contributed by atoms with van der Waals surface area (Å²) in [5.74, 6) is 1.14. The van der Waals surface area contributed by atoms with Gasteiger partial charge < -0.3 is 20.7 Å². The Morgan fingerprint density at radius 1 is 1.06 bits per heavy atom. The van der Waals surface area contributed by atoms with Gasteiger partial charge in [-0.05, 0) is 55.8 Å². The van der Waals surface area contributed by atoms with Crippen LogP contribution in [0.15, 0.2) is 54.7 Å². The van der Waals surface area contributed by atoms with Crippen LogP contribution in [0, 0.1) is 6.92 Å². The summed E-state index contributed by atoms with van der Waals surface area (Å²) in [6.45, 7) is 4.34. The van der Waals surface area contributed by atoms with Gasteiger partial charge in [0.05, 0.1) is 7.11 Å². The summed E-state index contributed by atoms with van der Waals surface area (Å²) < 4.78 is 4.73. The minimum Gasteiger partial charge on any atom is -0.468 e. The third kappa shape index (κ3) is 5.37. The van der Waals surface area contributed by atoms with Crippen molar-refractivity contribution >= 4 is 50.1 Å². The zero-order chi connectivity index (χ0) is 22.5. The van der Waals surface area contributed by atoms with Gasteiger partial charge in [0.15, 0.2) is 5.13 Å². The predicted molar refractivity (Wildman–Crippen MR) is 128 cm³/mol. The van der Waals surface area contributed by atoms with Crippen LogP contribution in [0.2, 0.25) is 0 Å². The van der Waals surface area contributed by atoms with Gasteiger partial charge >= 0.3 is 5.97 Å². The van der Waals surface area contributed by atoms with E-state index < -0.39 is 0 Å². The Bertz CT molecular complexity index is 1220. The third-order valence-corrected chi connectivity index (χ3v) is 5.69. The average molecular weight is 449 g/mol. The van der Waals surface area contributed by atoms with Crippen molar-refractivity contribution in [3.05, 3.63) is 65.9 Å². The van der Waals surface area contributed by atoms with Crippen LogP contribution in [0.4, 0.5) is 22.5 Å². The molecule has 0 unspecified atom stereocenters. The topological polar surface area (TPSA) is 101 Å². The second kappa shape index (κ2) is 9.71. The van der Waals surface area contributed by atoms with Gasteiger partial charge in [0.25, 0.3) is 0 Å². The predicted octanol–water partition coefficient (Wildman–Crippen LogP) is 4.53. The number of fused-ring (bicyclic) bond motifs is 1. The maximum atomic E-state index is 11.5. The highest BCUT2D eigenvalue weighted by molar-refractivity contribution is 7.21. The molecule has 1 atom stereocenters. The Labute approximate surface area is 190 Å². The summed E-state index contributed by atoms with van der Waals surface area (Å²) in [6.07, 6.45) is 1.72. The second-order valence-corrected chi connectivity index (χ2v) is 8.31. The van der Waals surface area contributed by atoms with Crippen molar-refractivity contribution in [1.82, 2.24) is 20.3 Å². The van der Waals surface area contributed by atoms with Crippen LogP contribution < -0.4 is 16.0 Å². The Hall–Kier alpha value is -3.56. The molecule has 1 aromatic carbocycles. The molecular formula is C23H24N6O2S. The van der Waals surface area contributed by atoms with Gasteiger partial charge in [0.1, 0.15) is 28.0 Å². The zero-order valence-corrected chi connectivity index (χ0v) is 18.9. The molecule has 4 aromatic rings. The van der Waals surface area contributed by atoms with E-state index in [4.69, 9.17) is 4.74 Å². The SMILES string of the molecule is COC(=O)[C@@H](C)NCc1ccnc(Nc2nc3ccc(Nc4ccc(C)cc4)nc3s2)c1. The third-order valence-electron chi connectivity index (χ3n) is 4.81. The Morgan fingerprint density at radius 3 is 2.66 bits per heavy atom. The van der Waals surface area contributed by atoms with E-state index in [0.717, 1.165) is 27.4 Å². The van der Waals surface area contributed by atoms with Crippen molar-refractivity contribution in [2.24, 2.45) is 0 Å². The number of aromatic nitrogens is 3. The van der Waals surface area contributed by atoms with Crippen molar-refractivity contribution in [1.29, 1.82) is 0 Å². The van der Waals surface area contributed by atoms with E-state index in [9.17, 15) is 4.79 Å². The first-order valence-electron chi connectivity index (χ1n) is 10.1. The highest BCUT2D eigenvalue weighted by atomic mass is 32.1. The first-order chi connectivity index (χ1) is 15.5. The molecule has 0 amide bonds. The van der Waals surface area contributed by atoms with Crippen LogP contribution in [0.1, 0.15) is 18.1 Å². The number of esters is 1. The number of carbonyl (C=O) groups excluding carboxylic acids is 1. The van der Waals surface area contributed by atoms with Crippen LogP contribution in [0.3, 0.4) is 0 Å². The summed E-state index contributed by atoms with van der Waals surface area (Å²) in [5, 5.41) is 10.4. The van der Waals surface area contributed by atoms with Gasteiger partial charge in [-0.25, -0.2) is 15.0 Å². The van der Waals surface area contributed by atoms with Crippen molar-refractivity contribution in [3.63, 3.8) is 0 Å². The molecule has 164 valence electrons. The normalized spacial score (nSPS) is 11.8. The first kappa shape index (κ1) is 21.7. The molecule has 0 aliphatic rings. The summed E-state index contributed by atoms with van der Waals surface area (Å²) >= 11 is 1.46. The molecule has 4 rings (SSSR count). The van der Waals surface area contributed by atoms with Crippen LogP contribution >= 0.6 is 11.3 Å². The second-order valence-electron chi connectivity index (χ2n) is 7.33. The molecule has 0 spiro atoms. The Kier molecular flexibility index (Phi) is 6.58. The molecule has 0 bridgehead atoms. The number of aryl methyl sites for hydroxylation is 1. The van der Waals surface area contributed by atoms with Crippen molar-refractivity contribution in [3.8, 4) is 0 Å². The molecule has 0 fully saturated rings. The van der Waals surface area contributed by atoms with E-state index >= 15 is 0 Å². The molecule has 0 saturated heterocycles. The largest absolute Gasteiger partial charge is 0.468 e. The van der Waals surface area contributed by atoms with E-state index in [0.29, 0.717) is 17.5 Å². The number of thiazole rings is 1. The lowest BCUT2D eigenvalue weighted by atomic mass is 10.2. The number of anilines is 4. The summed E-state index contributed by atoms with van der Waals surface area (Å²) in [6, 6.07) is 15.5. The van der Waals surface area contributed by atoms with Crippen molar-refractivity contribution < 1.29 is 9.53 Å². The fourth-order valence-corrected chi connectivity index (χ4v) is 3.86. The van der Waals surface area contributed by atoms with Crippen molar-refractivity contribution in [2.45, 2.75) is 26.4 Å². The Balaban J connectivity index is 1.44. The minimum absolute atomic E-state index is 0.296. The van der Waals surface area contributed by atoms with E-state index in [1.54, 1.807) is 13.1 Å². The van der Waals surface area contributed by atoms with Gasteiger partial charge in [0, 0.05) is 18.4 Å². The van der Waals surface area contributed by atoms with Crippen LogP contribution in [0.5, 0.6) is 0 Å². The molecule has 3 aromatic heterocycles. The maximum Gasteiger partial charge on any atom is 0.322 e. The molecule has 3 N–H and O–H groups in total. The summed E-state index contributed by atoms with van der Waals surface area (Å²) in [4.78, 5) is 26.0.